The predicted octanol–water partition coefficient (Wildman–Crippen LogP) is 2.87. The minimum absolute atomic E-state index is 0.0557. The maximum Gasteiger partial charge on any atom is 0.266 e. The molecule has 1 unspecified atom stereocenters. The maximum absolute atomic E-state index is 16.3. The van der Waals surface area contributed by atoms with E-state index in [1.807, 2.05) is 59.7 Å². The van der Waals surface area contributed by atoms with Gasteiger partial charge in [0.1, 0.15) is 11.6 Å². The number of carbonyl (C=O) groups excluding carboxylic acids is 5. The lowest BCUT2D eigenvalue weighted by Gasteiger charge is -2.44. The van der Waals surface area contributed by atoms with E-state index >= 15 is 4.11 Å². The van der Waals surface area contributed by atoms with Crippen molar-refractivity contribution in [1.29, 1.82) is 0 Å². The van der Waals surface area contributed by atoms with Crippen LogP contribution in [0.5, 0.6) is 0 Å². The third-order valence-corrected chi connectivity index (χ3v) is 13.0. The lowest BCUT2D eigenvalue weighted by Crippen LogP contribution is -2.59. The SMILES string of the molecule is CC(C)C(NC(=O)C[Si](F)(C(C)(C)C)C(C)(C)C)C(=O)NCCC(=O)N[C@@](C)(Cc1ccccc1)C(=O)NCC(N)=O. The molecule has 0 aliphatic heterocycles. The second kappa shape index (κ2) is 14.7. The van der Waals surface area contributed by atoms with Gasteiger partial charge in [0.05, 0.1) is 12.6 Å². The zero-order chi connectivity index (χ0) is 32.5. The summed E-state index contributed by atoms with van der Waals surface area (Å²) in [5.74, 6) is -3.09. The van der Waals surface area contributed by atoms with Crippen LogP contribution in [-0.4, -0.2) is 62.6 Å². The molecule has 0 aliphatic carbocycles. The van der Waals surface area contributed by atoms with Gasteiger partial charge in [0.25, 0.3) is 8.41 Å². The van der Waals surface area contributed by atoms with E-state index in [2.05, 4.69) is 21.3 Å². The molecule has 0 aliphatic rings. The molecule has 0 saturated carbocycles. The molecule has 1 aromatic carbocycles. The Morgan fingerprint density at radius 1 is 0.881 bits per heavy atom. The zero-order valence-corrected chi connectivity index (χ0v) is 27.6. The number of hydrogen-bond acceptors (Lipinski definition) is 5. The van der Waals surface area contributed by atoms with E-state index in [0.29, 0.717) is 0 Å². The summed E-state index contributed by atoms with van der Waals surface area (Å²) < 4.78 is 16.3. The van der Waals surface area contributed by atoms with Gasteiger partial charge in [0, 0.05) is 19.4 Å². The van der Waals surface area contributed by atoms with Crippen LogP contribution in [0, 0.1) is 5.92 Å². The molecular formula is C30H50FN5O5Si. The Morgan fingerprint density at radius 3 is 1.90 bits per heavy atom. The average Bonchev–Trinajstić information content (AvgIpc) is 2.84. The maximum atomic E-state index is 16.3. The highest BCUT2D eigenvalue weighted by Gasteiger charge is 2.56. The Hall–Kier alpha value is -3.28. The van der Waals surface area contributed by atoms with Crippen molar-refractivity contribution < 1.29 is 28.1 Å². The van der Waals surface area contributed by atoms with Gasteiger partial charge in [-0.05, 0) is 28.5 Å². The van der Waals surface area contributed by atoms with Crippen molar-refractivity contribution in [3.8, 4) is 0 Å². The first-order valence-corrected chi connectivity index (χ1v) is 16.4. The Kier molecular flexibility index (Phi) is 12.9. The third-order valence-electron chi connectivity index (χ3n) is 7.44. The fourth-order valence-electron chi connectivity index (χ4n) is 4.96. The van der Waals surface area contributed by atoms with Crippen molar-refractivity contribution in [2.75, 3.05) is 13.1 Å². The standard InChI is InChI=1S/C30H50FN5O5Si/c1-20(2)25(35-24(39)19-42(31,28(3,4)5)29(6,7)8)26(40)33-16-15-23(38)36-30(9,27(41)34-18-22(32)37)17-21-13-11-10-12-14-21/h10-14,20,25H,15-19H2,1-9H3,(H2,32,37)(H,33,40)(H,34,41)(H,35,39)(H,36,38)/t25?,30-/m0/s1. The summed E-state index contributed by atoms with van der Waals surface area (Å²) in [5, 5.41) is 9.17. The molecule has 236 valence electrons. The number of nitrogens with two attached hydrogens (primary N) is 1. The van der Waals surface area contributed by atoms with Crippen molar-refractivity contribution in [1.82, 2.24) is 21.3 Å². The van der Waals surface area contributed by atoms with E-state index in [9.17, 15) is 24.0 Å². The summed E-state index contributed by atoms with van der Waals surface area (Å²) in [5.41, 5.74) is 4.55. The fourth-order valence-corrected chi connectivity index (χ4v) is 8.82. The monoisotopic (exact) mass is 607 g/mol. The Balaban J connectivity index is 2.87. The lowest BCUT2D eigenvalue weighted by atomic mass is 9.91. The number of amides is 5. The van der Waals surface area contributed by atoms with Gasteiger partial charge in [-0.25, -0.2) is 0 Å². The number of primary amides is 1. The van der Waals surface area contributed by atoms with Gasteiger partial charge in [-0.15, -0.1) is 0 Å². The molecule has 0 spiro atoms. The summed E-state index contributed by atoms with van der Waals surface area (Å²) in [6.45, 7) is 15.5. The molecular weight excluding hydrogens is 557 g/mol. The van der Waals surface area contributed by atoms with Crippen LogP contribution < -0.4 is 27.0 Å². The van der Waals surface area contributed by atoms with E-state index in [1.165, 1.54) is 0 Å². The van der Waals surface area contributed by atoms with Gasteiger partial charge >= 0.3 is 0 Å². The van der Waals surface area contributed by atoms with Crippen molar-refractivity contribution in [2.45, 2.75) is 103 Å². The summed E-state index contributed by atoms with van der Waals surface area (Å²) in [7, 11) is -3.62. The van der Waals surface area contributed by atoms with Crippen molar-refractivity contribution in [3.63, 3.8) is 0 Å². The average molecular weight is 608 g/mol. The molecule has 0 fully saturated rings. The van der Waals surface area contributed by atoms with Gasteiger partial charge in [0.15, 0.2) is 0 Å². The molecule has 1 rings (SSSR count). The molecule has 0 bridgehead atoms. The first-order chi connectivity index (χ1) is 19.1. The van der Waals surface area contributed by atoms with Crippen molar-refractivity contribution in [2.24, 2.45) is 11.7 Å². The van der Waals surface area contributed by atoms with Gasteiger partial charge in [0.2, 0.25) is 29.5 Å². The first-order valence-electron chi connectivity index (χ1n) is 14.3. The molecule has 0 aromatic heterocycles. The van der Waals surface area contributed by atoms with Gasteiger partial charge in [-0.1, -0.05) is 85.7 Å². The summed E-state index contributed by atoms with van der Waals surface area (Å²) in [6.07, 6.45) is 0.00697. The molecule has 5 amide bonds. The van der Waals surface area contributed by atoms with Crippen LogP contribution in [0.2, 0.25) is 16.1 Å². The summed E-state index contributed by atoms with van der Waals surface area (Å²) >= 11 is 0. The Bertz CT molecular complexity index is 1100. The molecule has 0 heterocycles. The molecule has 10 nitrogen and oxygen atoms in total. The molecule has 0 radical (unpaired) electrons. The molecule has 2 atom stereocenters. The van der Waals surface area contributed by atoms with Crippen molar-refractivity contribution in [3.05, 3.63) is 35.9 Å². The predicted molar refractivity (Wildman–Crippen MR) is 164 cm³/mol. The number of nitrogens with one attached hydrogen (secondary N) is 4. The van der Waals surface area contributed by atoms with E-state index in [-0.39, 0.29) is 37.9 Å². The van der Waals surface area contributed by atoms with Crippen LogP contribution in [0.25, 0.3) is 0 Å². The quantitative estimate of drug-likeness (QED) is 0.162. The molecule has 0 saturated heterocycles. The highest BCUT2D eigenvalue weighted by Crippen LogP contribution is 2.54. The Labute approximate surface area is 250 Å². The number of halogens is 1. The second-order valence-corrected chi connectivity index (χ2v) is 18.5. The van der Waals surface area contributed by atoms with E-state index in [4.69, 9.17) is 5.73 Å². The van der Waals surface area contributed by atoms with Gasteiger partial charge in [-0.3, -0.25) is 24.0 Å². The minimum Gasteiger partial charge on any atom is -0.368 e. The van der Waals surface area contributed by atoms with E-state index < -0.39 is 59.6 Å². The lowest BCUT2D eigenvalue weighted by molar-refractivity contribution is -0.134. The molecule has 1 aromatic rings. The van der Waals surface area contributed by atoms with Gasteiger partial charge in [-0.2, -0.15) is 0 Å². The van der Waals surface area contributed by atoms with Crippen LogP contribution in [0.1, 0.15) is 74.3 Å². The molecule has 12 heteroatoms. The summed E-state index contributed by atoms with van der Waals surface area (Å²) in [6, 6.07) is 7.88. The van der Waals surface area contributed by atoms with Crippen LogP contribution in [0.3, 0.4) is 0 Å². The minimum atomic E-state index is -3.62. The van der Waals surface area contributed by atoms with Gasteiger partial charge < -0.3 is 31.1 Å². The highest BCUT2D eigenvalue weighted by molar-refractivity contribution is 6.81. The second-order valence-electron chi connectivity index (χ2n) is 13.5. The molecule has 6 N–H and O–H groups in total. The fraction of sp³-hybridized carbons (Fsp3) is 0.633. The van der Waals surface area contributed by atoms with Crippen LogP contribution >= 0.6 is 0 Å². The smallest absolute Gasteiger partial charge is 0.266 e. The number of carbonyl (C=O) groups is 5. The van der Waals surface area contributed by atoms with Crippen molar-refractivity contribution >= 4 is 37.9 Å². The normalized spacial score (nSPS) is 14.4. The van der Waals surface area contributed by atoms with Crippen LogP contribution in [-0.2, 0) is 30.4 Å². The molecule has 42 heavy (non-hydrogen) atoms. The Morgan fingerprint density at radius 2 is 1.43 bits per heavy atom. The zero-order valence-electron chi connectivity index (χ0n) is 26.6. The third kappa shape index (κ3) is 10.5. The number of hydrogen-bond donors (Lipinski definition) is 5. The first kappa shape index (κ1) is 36.7. The number of rotatable bonds is 14. The van der Waals surface area contributed by atoms with Crippen LogP contribution in [0.15, 0.2) is 30.3 Å². The topological polar surface area (TPSA) is 159 Å². The number of benzene rings is 1. The highest BCUT2D eigenvalue weighted by atomic mass is 28.4. The van der Waals surface area contributed by atoms with E-state index in [0.717, 1.165) is 5.56 Å². The van der Waals surface area contributed by atoms with Crippen LogP contribution in [0.4, 0.5) is 4.11 Å². The largest absolute Gasteiger partial charge is 0.368 e. The summed E-state index contributed by atoms with van der Waals surface area (Å²) in [4.78, 5) is 62.9. The van der Waals surface area contributed by atoms with E-state index in [1.54, 1.807) is 32.9 Å².